The minimum atomic E-state index is -0.145. The van der Waals surface area contributed by atoms with Crippen molar-refractivity contribution >= 4 is 12.4 Å². The van der Waals surface area contributed by atoms with Gasteiger partial charge in [0, 0.05) is 12.3 Å². The lowest BCUT2D eigenvalue weighted by Crippen LogP contribution is -2.01. The number of carbonyl (C=O) groups excluding carboxylic acids is 1. The minimum absolute atomic E-state index is 0.145. The molecule has 0 aliphatic heterocycles. The van der Waals surface area contributed by atoms with E-state index < -0.39 is 0 Å². The molecule has 0 unspecified atom stereocenters. The van der Waals surface area contributed by atoms with Crippen LogP contribution in [0.25, 0.3) is 6.08 Å². The summed E-state index contributed by atoms with van der Waals surface area (Å²) in [7, 11) is 0. The first-order valence-corrected chi connectivity index (χ1v) is 3.13. The van der Waals surface area contributed by atoms with Gasteiger partial charge in [0.2, 0.25) is 5.56 Å². The Morgan fingerprint density at radius 3 is 2.73 bits per heavy atom. The van der Waals surface area contributed by atoms with E-state index in [0.717, 1.165) is 5.56 Å². The van der Waals surface area contributed by atoms with Crippen LogP contribution in [-0.2, 0) is 4.79 Å². The van der Waals surface area contributed by atoms with E-state index in [-0.39, 0.29) is 5.56 Å². The number of hydrogen-bond acceptors (Lipinski definition) is 2. The van der Waals surface area contributed by atoms with Crippen LogP contribution >= 0.6 is 0 Å². The molecule has 0 amide bonds. The van der Waals surface area contributed by atoms with E-state index in [1.165, 1.54) is 12.1 Å². The molecule has 1 aromatic heterocycles. The Hall–Kier alpha value is -1.64. The largest absolute Gasteiger partial charge is 0.329 e. The highest BCUT2D eigenvalue weighted by atomic mass is 16.1. The van der Waals surface area contributed by atoms with Gasteiger partial charge in [0.25, 0.3) is 0 Å². The summed E-state index contributed by atoms with van der Waals surface area (Å²) in [6.45, 7) is 0. The maximum absolute atomic E-state index is 10.5. The Balaban J connectivity index is 2.90. The van der Waals surface area contributed by atoms with Gasteiger partial charge < -0.3 is 4.98 Å². The number of H-pyrrole nitrogens is 1. The van der Waals surface area contributed by atoms with Crippen molar-refractivity contribution < 1.29 is 4.79 Å². The number of nitrogens with one attached hydrogen (secondary N) is 1. The summed E-state index contributed by atoms with van der Waals surface area (Å²) in [5.41, 5.74) is 0.657. The smallest absolute Gasteiger partial charge is 0.247 e. The van der Waals surface area contributed by atoms with Crippen molar-refractivity contribution in [3.63, 3.8) is 0 Å². The van der Waals surface area contributed by atoms with E-state index in [2.05, 4.69) is 4.98 Å². The van der Waals surface area contributed by atoms with Crippen LogP contribution in [0.4, 0.5) is 0 Å². The van der Waals surface area contributed by atoms with Crippen molar-refractivity contribution in [3.05, 3.63) is 40.3 Å². The van der Waals surface area contributed by atoms with Crippen LogP contribution in [-0.4, -0.2) is 11.3 Å². The number of rotatable bonds is 2. The fourth-order valence-corrected chi connectivity index (χ4v) is 0.677. The Morgan fingerprint density at radius 2 is 2.18 bits per heavy atom. The van der Waals surface area contributed by atoms with E-state index in [4.69, 9.17) is 0 Å². The number of aldehydes is 1. The number of hydrogen-bond donors (Lipinski definition) is 1. The molecule has 1 rings (SSSR count). The van der Waals surface area contributed by atoms with Gasteiger partial charge in [-0.05, 0) is 17.7 Å². The van der Waals surface area contributed by atoms with Crippen LogP contribution in [0.3, 0.4) is 0 Å². The Labute approximate surface area is 63.4 Å². The molecule has 1 aromatic rings. The molecule has 0 saturated heterocycles. The highest BCUT2D eigenvalue weighted by Crippen LogP contribution is 1.94. The number of pyridine rings is 1. The monoisotopic (exact) mass is 149 g/mol. The lowest BCUT2D eigenvalue weighted by Gasteiger charge is -1.87. The molecular weight excluding hydrogens is 142 g/mol. The second kappa shape index (κ2) is 3.51. The predicted octanol–water partition coefficient (Wildman–Crippen LogP) is 0.587. The summed E-state index contributed by atoms with van der Waals surface area (Å²) in [5, 5.41) is 0. The van der Waals surface area contributed by atoms with Crippen LogP contribution in [0.5, 0.6) is 0 Å². The van der Waals surface area contributed by atoms with E-state index in [1.54, 1.807) is 18.3 Å². The van der Waals surface area contributed by atoms with E-state index in [1.807, 2.05) is 0 Å². The van der Waals surface area contributed by atoms with Crippen molar-refractivity contribution in [1.29, 1.82) is 0 Å². The van der Waals surface area contributed by atoms with Crippen LogP contribution in [0.15, 0.2) is 29.2 Å². The fraction of sp³-hybridized carbons (Fsp3) is 0. The first-order chi connectivity index (χ1) is 5.33. The molecule has 3 nitrogen and oxygen atoms in total. The fourth-order valence-electron chi connectivity index (χ4n) is 0.677. The zero-order valence-electron chi connectivity index (χ0n) is 5.78. The van der Waals surface area contributed by atoms with Crippen molar-refractivity contribution in [2.45, 2.75) is 0 Å². The van der Waals surface area contributed by atoms with Gasteiger partial charge in [-0.15, -0.1) is 0 Å². The maximum Gasteiger partial charge on any atom is 0.247 e. The van der Waals surface area contributed by atoms with Crippen molar-refractivity contribution in [3.8, 4) is 0 Å². The van der Waals surface area contributed by atoms with E-state index in [0.29, 0.717) is 6.29 Å². The van der Waals surface area contributed by atoms with Crippen molar-refractivity contribution in [1.82, 2.24) is 4.98 Å². The summed E-state index contributed by atoms with van der Waals surface area (Å²) in [5.74, 6) is 0. The van der Waals surface area contributed by atoms with Gasteiger partial charge in [0.1, 0.15) is 6.29 Å². The highest BCUT2D eigenvalue weighted by molar-refractivity contribution is 5.73. The van der Waals surface area contributed by atoms with Gasteiger partial charge in [0.05, 0.1) is 0 Å². The van der Waals surface area contributed by atoms with Gasteiger partial charge in [-0.3, -0.25) is 9.59 Å². The van der Waals surface area contributed by atoms with Gasteiger partial charge in [-0.1, -0.05) is 6.08 Å². The quantitative estimate of drug-likeness (QED) is 0.494. The molecule has 0 radical (unpaired) electrons. The number of aromatic amines is 1. The zero-order valence-corrected chi connectivity index (χ0v) is 5.78. The zero-order chi connectivity index (χ0) is 8.10. The third-order valence-electron chi connectivity index (χ3n) is 1.18. The van der Waals surface area contributed by atoms with E-state index in [9.17, 15) is 9.59 Å². The summed E-state index contributed by atoms with van der Waals surface area (Å²) in [6.07, 6.45) is 5.21. The SMILES string of the molecule is O=CC=Cc1ccc(=O)[nH]c1. The van der Waals surface area contributed by atoms with Gasteiger partial charge in [-0.2, -0.15) is 0 Å². The molecular formula is C8H7NO2. The topological polar surface area (TPSA) is 49.9 Å². The Morgan fingerprint density at radius 1 is 1.36 bits per heavy atom. The van der Waals surface area contributed by atoms with Crippen LogP contribution in [0.1, 0.15) is 5.56 Å². The molecule has 0 aliphatic carbocycles. The summed E-state index contributed by atoms with van der Waals surface area (Å²) in [4.78, 5) is 22.9. The maximum atomic E-state index is 10.5. The lowest BCUT2D eigenvalue weighted by molar-refractivity contribution is -0.104. The molecule has 1 N–H and O–H groups in total. The van der Waals surface area contributed by atoms with Crippen LogP contribution in [0.2, 0.25) is 0 Å². The van der Waals surface area contributed by atoms with Crippen LogP contribution < -0.4 is 5.56 Å². The third kappa shape index (κ3) is 2.21. The van der Waals surface area contributed by atoms with Crippen molar-refractivity contribution in [2.24, 2.45) is 0 Å². The average molecular weight is 149 g/mol. The second-order valence-electron chi connectivity index (χ2n) is 1.98. The predicted molar refractivity (Wildman–Crippen MR) is 42.2 cm³/mol. The molecule has 0 saturated carbocycles. The summed E-state index contributed by atoms with van der Waals surface area (Å²) in [6, 6.07) is 3.04. The van der Waals surface area contributed by atoms with Gasteiger partial charge >= 0.3 is 0 Å². The molecule has 3 heteroatoms. The molecule has 0 bridgehead atoms. The van der Waals surface area contributed by atoms with Gasteiger partial charge in [0.15, 0.2) is 0 Å². The molecule has 56 valence electrons. The molecule has 0 fully saturated rings. The Bertz CT molecular complexity index is 305. The Kier molecular flexibility index (Phi) is 2.38. The standard InChI is InChI=1S/C8H7NO2/c10-5-1-2-7-3-4-8(11)9-6-7/h1-6H,(H,9,11). The number of aromatic nitrogens is 1. The van der Waals surface area contributed by atoms with Crippen LogP contribution in [0, 0.1) is 0 Å². The lowest BCUT2D eigenvalue weighted by atomic mass is 10.3. The van der Waals surface area contributed by atoms with Gasteiger partial charge in [-0.25, -0.2) is 0 Å². The summed E-state index contributed by atoms with van der Waals surface area (Å²) < 4.78 is 0. The molecule has 0 aliphatic rings. The van der Waals surface area contributed by atoms with Crippen molar-refractivity contribution in [2.75, 3.05) is 0 Å². The van der Waals surface area contributed by atoms with E-state index >= 15 is 0 Å². The number of carbonyl (C=O) groups is 1. The normalized spacial score (nSPS) is 10.2. The first-order valence-electron chi connectivity index (χ1n) is 3.13. The molecule has 0 spiro atoms. The molecule has 0 atom stereocenters. The molecule has 11 heavy (non-hydrogen) atoms. The molecule has 1 heterocycles. The third-order valence-corrected chi connectivity index (χ3v) is 1.18. The average Bonchev–Trinajstić information content (AvgIpc) is 2.04. The number of allylic oxidation sites excluding steroid dienone is 1. The minimum Gasteiger partial charge on any atom is -0.329 e. The summed E-state index contributed by atoms with van der Waals surface area (Å²) >= 11 is 0. The highest BCUT2D eigenvalue weighted by Gasteiger charge is 1.83. The second-order valence-corrected chi connectivity index (χ2v) is 1.98. The molecule has 0 aromatic carbocycles. The first kappa shape index (κ1) is 7.47.